The monoisotopic (exact) mass is 363 g/mol. The van der Waals surface area contributed by atoms with Gasteiger partial charge in [-0.15, -0.1) is 0 Å². The van der Waals surface area contributed by atoms with Crippen molar-refractivity contribution in [2.24, 2.45) is 0 Å². The summed E-state index contributed by atoms with van der Waals surface area (Å²) in [5.41, 5.74) is 0.599. The first kappa shape index (κ1) is 18.5. The first-order valence-corrected chi connectivity index (χ1v) is 8.35. The summed E-state index contributed by atoms with van der Waals surface area (Å²) in [5, 5.41) is 2.98. The molecule has 1 amide bonds. The lowest BCUT2D eigenvalue weighted by Crippen LogP contribution is -2.15. The number of carbonyl (C=O) groups is 2. The zero-order valence-electron chi connectivity index (χ0n) is 13.7. The quantitative estimate of drug-likeness (QED) is 0.437. The Morgan fingerprint density at radius 2 is 2.00 bits per heavy atom. The van der Waals surface area contributed by atoms with Crippen molar-refractivity contribution in [3.05, 3.63) is 46.2 Å². The lowest BCUT2D eigenvalue weighted by Gasteiger charge is -2.06. The van der Waals surface area contributed by atoms with Gasteiger partial charge in [-0.2, -0.15) is 4.98 Å². The molecule has 0 bridgehead atoms. The van der Waals surface area contributed by atoms with Gasteiger partial charge in [-0.1, -0.05) is 11.8 Å². The van der Waals surface area contributed by atoms with Crippen LogP contribution in [-0.4, -0.2) is 41.3 Å². The van der Waals surface area contributed by atoms with Crippen LogP contribution >= 0.6 is 11.8 Å². The topological polar surface area (TPSA) is 110 Å². The molecule has 1 aromatic heterocycles. The predicted octanol–water partition coefficient (Wildman–Crippen LogP) is 1.69. The van der Waals surface area contributed by atoms with Gasteiger partial charge in [0, 0.05) is 5.69 Å². The van der Waals surface area contributed by atoms with E-state index in [0.717, 1.165) is 11.8 Å². The van der Waals surface area contributed by atoms with Crippen LogP contribution in [0, 0.1) is 0 Å². The zero-order valence-corrected chi connectivity index (χ0v) is 14.5. The molecule has 0 saturated heterocycles. The molecule has 25 heavy (non-hydrogen) atoms. The normalized spacial score (nSPS) is 10.2. The number of H-pyrrole nitrogens is 1. The molecule has 2 N–H and O–H groups in total. The van der Waals surface area contributed by atoms with Gasteiger partial charge in [0.05, 0.1) is 31.1 Å². The van der Waals surface area contributed by atoms with Gasteiger partial charge >= 0.3 is 5.97 Å². The average molecular weight is 363 g/mol. The van der Waals surface area contributed by atoms with Crippen LogP contribution in [0.1, 0.15) is 17.3 Å². The molecular formula is C16H17N3O5S. The van der Waals surface area contributed by atoms with Gasteiger partial charge < -0.3 is 19.8 Å². The van der Waals surface area contributed by atoms with Crippen molar-refractivity contribution in [2.75, 3.05) is 24.8 Å². The first-order chi connectivity index (χ1) is 12.0. The molecule has 1 heterocycles. The minimum atomic E-state index is -0.413. The van der Waals surface area contributed by atoms with Gasteiger partial charge in [-0.05, 0) is 31.2 Å². The van der Waals surface area contributed by atoms with Gasteiger partial charge in [-0.3, -0.25) is 9.59 Å². The number of benzene rings is 1. The number of rotatable bonds is 7. The van der Waals surface area contributed by atoms with Crippen molar-refractivity contribution < 1.29 is 19.1 Å². The SMILES string of the molecule is CCOC(=O)c1ccc(NC(=O)CSc2nc(OC)cc(=O)[nH]2)cc1. The standard InChI is InChI=1S/C16H17N3O5S/c1-3-24-15(22)10-4-6-11(7-5-10)17-13(21)9-25-16-18-12(20)8-14(19-16)23-2/h4-8H,3,9H2,1-2H3,(H,17,21)(H,18,19,20). The Bertz CT molecular complexity index is 804. The molecule has 2 rings (SSSR count). The van der Waals surface area contributed by atoms with Crippen molar-refractivity contribution in [1.29, 1.82) is 0 Å². The number of aromatic amines is 1. The third-order valence-electron chi connectivity index (χ3n) is 2.93. The summed E-state index contributed by atoms with van der Waals surface area (Å²) in [7, 11) is 1.41. The molecule has 8 nitrogen and oxygen atoms in total. The number of nitrogens with zero attached hydrogens (tertiary/aromatic N) is 1. The molecule has 0 radical (unpaired) electrons. The lowest BCUT2D eigenvalue weighted by atomic mass is 10.2. The van der Waals surface area contributed by atoms with Gasteiger partial charge in [-0.25, -0.2) is 4.79 Å². The van der Waals surface area contributed by atoms with Crippen molar-refractivity contribution >= 4 is 29.3 Å². The van der Waals surface area contributed by atoms with Gasteiger partial charge in [0.2, 0.25) is 11.8 Å². The van der Waals surface area contributed by atoms with E-state index in [-0.39, 0.29) is 28.3 Å². The third-order valence-corrected chi connectivity index (χ3v) is 3.80. The fourth-order valence-electron chi connectivity index (χ4n) is 1.82. The van der Waals surface area contributed by atoms with Crippen LogP contribution in [0.2, 0.25) is 0 Å². The minimum Gasteiger partial charge on any atom is -0.481 e. The van der Waals surface area contributed by atoms with E-state index >= 15 is 0 Å². The van der Waals surface area contributed by atoms with E-state index in [1.54, 1.807) is 31.2 Å². The summed E-state index contributed by atoms with van der Waals surface area (Å²) in [6.45, 7) is 2.03. The van der Waals surface area contributed by atoms with Crippen molar-refractivity contribution in [1.82, 2.24) is 9.97 Å². The number of hydrogen-bond donors (Lipinski definition) is 2. The number of hydrogen-bond acceptors (Lipinski definition) is 7. The van der Waals surface area contributed by atoms with E-state index in [4.69, 9.17) is 9.47 Å². The largest absolute Gasteiger partial charge is 0.481 e. The molecule has 1 aromatic carbocycles. The molecule has 0 saturated carbocycles. The summed E-state index contributed by atoms with van der Waals surface area (Å²) in [5.74, 6) is -0.458. The molecule has 2 aromatic rings. The van der Waals surface area contributed by atoms with E-state index in [2.05, 4.69) is 15.3 Å². The van der Waals surface area contributed by atoms with Crippen molar-refractivity contribution in [3.63, 3.8) is 0 Å². The van der Waals surface area contributed by atoms with E-state index in [1.165, 1.54) is 13.2 Å². The average Bonchev–Trinajstić information content (AvgIpc) is 2.60. The highest BCUT2D eigenvalue weighted by molar-refractivity contribution is 7.99. The second-order valence-corrected chi connectivity index (χ2v) is 5.69. The van der Waals surface area contributed by atoms with Crippen LogP contribution in [0.5, 0.6) is 5.88 Å². The maximum absolute atomic E-state index is 12.0. The number of thioether (sulfide) groups is 1. The summed E-state index contributed by atoms with van der Waals surface area (Å²) in [6, 6.07) is 7.58. The second-order valence-electron chi connectivity index (χ2n) is 4.73. The van der Waals surface area contributed by atoms with Gasteiger partial charge in [0.15, 0.2) is 5.16 Å². The molecule has 0 unspecified atom stereocenters. The molecule has 132 valence electrons. The molecule has 0 atom stereocenters. The highest BCUT2D eigenvalue weighted by atomic mass is 32.2. The highest BCUT2D eigenvalue weighted by Crippen LogP contribution is 2.15. The molecular weight excluding hydrogens is 346 g/mol. The summed E-state index contributed by atoms with van der Waals surface area (Å²) >= 11 is 1.07. The maximum Gasteiger partial charge on any atom is 0.338 e. The van der Waals surface area contributed by atoms with E-state index < -0.39 is 5.97 Å². The first-order valence-electron chi connectivity index (χ1n) is 7.37. The number of carbonyl (C=O) groups excluding carboxylic acids is 2. The van der Waals surface area contributed by atoms with E-state index in [1.807, 2.05) is 0 Å². The Morgan fingerprint density at radius 3 is 2.64 bits per heavy atom. The van der Waals surface area contributed by atoms with E-state index in [9.17, 15) is 14.4 Å². The van der Waals surface area contributed by atoms with E-state index in [0.29, 0.717) is 17.9 Å². The number of nitrogens with one attached hydrogen (secondary N) is 2. The number of ether oxygens (including phenoxy) is 2. The van der Waals surface area contributed by atoms with Crippen molar-refractivity contribution in [3.8, 4) is 5.88 Å². The molecule has 0 aliphatic heterocycles. The van der Waals surface area contributed by atoms with Crippen LogP contribution in [0.15, 0.2) is 40.3 Å². The number of methoxy groups -OCH3 is 1. The van der Waals surface area contributed by atoms with Crippen LogP contribution in [-0.2, 0) is 9.53 Å². The summed E-state index contributed by atoms with van der Waals surface area (Å²) in [4.78, 5) is 41.5. The summed E-state index contributed by atoms with van der Waals surface area (Å²) < 4.78 is 9.79. The molecule has 0 fully saturated rings. The number of amides is 1. The minimum absolute atomic E-state index is 0.0513. The van der Waals surface area contributed by atoms with Crippen LogP contribution in [0.3, 0.4) is 0 Å². The predicted molar refractivity (Wildman–Crippen MR) is 93.2 cm³/mol. The number of anilines is 1. The Balaban J connectivity index is 1.91. The highest BCUT2D eigenvalue weighted by Gasteiger charge is 2.09. The Kier molecular flexibility index (Phi) is 6.58. The fraction of sp³-hybridized carbons (Fsp3) is 0.250. The number of aromatic nitrogens is 2. The zero-order chi connectivity index (χ0) is 18.2. The Morgan fingerprint density at radius 1 is 1.28 bits per heavy atom. The lowest BCUT2D eigenvalue weighted by molar-refractivity contribution is -0.113. The van der Waals surface area contributed by atoms with Gasteiger partial charge in [0.25, 0.3) is 5.56 Å². The smallest absolute Gasteiger partial charge is 0.338 e. The molecule has 0 aliphatic carbocycles. The third kappa shape index (κ3) is 5.64. The fourth-order valence-corrected chi connectivity index (χ4v) is 2.49. The molecule has 0 aliphatic rings. The van der Waals surface area contributed by atoms with Gasteiger partial charge in [0.1, 0.15) is 0 Å². The maximum atomic E-state index is 12.0. The number of esters is 1. The summed E-state index contributed by atoms with van der Waals surface area (Å²) in [6.07, 6.45) is 0. The molecule has 9 heteroatoms. The van der Waals surface area contributed by atoms with Crippen LogP contribution in [0.25, 0.3) is 0 Å². The van der Waals surface area contributed by atoms with Crippen molar-refractivity contribution in [2.45, 2.75) is 12.1 Å². The van der Waals surface area contributed by atoms with Crippen LogP contribution in [0.4, 0.5) is 5.69 Å². The Labute approximate surface area is 148 Å². The molecule has 0 spiro atoms. The second kappa shape index (κ2) is 8.88. The Hall–Kier alpha value is -2.81. The van der Waals surface area contributed by atoms with Crippen LogP contribution < -0.4 is 15.6 Å².